The lowest BCUT2D eigenvalue weighted by atomic mass is 10.1. The maximum Gasteiger partial charge on any atom is 0.271 e. The number of aromatic amines is 1. The molecule has 2 rings (SSSR count). The minimum Gasteiger partial charge on any atom is -0.351 e. The number of amides is 2. The monoisotopic (exact) mass is 321 g/mol. The Balaban J connectivity index is 1.80. The van der Waals surface area contributed by atoms with Crippen molar-refractivity contribution >= 4 is 11.8 Å². The highest BCUT2D eigenvalue weighted by Gasteiger charge is 2.30. The Kier molecular flexibility index (Phi) is 5.86. The number of nitrogens with one attached hydrogen (secondary N) is 2. The topological polar surface area (TPSA) is 98.4 Å². The molecule has 1 saturated heterocycles. The molecule has 0 unspecified atom stereocenters. The van der Waals surface area contributed by atoms with Gasteiger partial charge in [-0.2, -0.15) is 0 Å². The summed E-state index contributed by atoms with van der Waals surface area (Å²) >= 11 is 0. The van der Waals surface area contributed by atoms with Gasteiger partial charge in [-0.15, -0.1) is 0 Å². The number of carbonyl (C=O) groups excluding carboxylic acids is 2. The molecule has 0 saturated carbocycles. The SMILES string of the molecule is CN(C)CCN1C(=O)CC[C@H]1CCNC(=O)c1c[nH]c(=O)cn1. The Morgan fingerprint density at radius 2 is 2.26 bits per heavy atom. The fourth-order valence-corrected chi connectivity index (χ4v) is 2.62. The lowest BCUT2D eigenvalue weighted by Gasteiger charge is -2.26. The molecule has 126 valence electrons. The van der Waals surface area contributed by atoms with Crippen molar-refractivity contribution in [3.05, 3.63) is 28.4 Å². The molecular weight excluding hydrogens is 298 g/mol. The van der Waals surface area contributed by atoms with Crippen molar-refractivity contribution in [2.45, 2.75) is 25.3 Å². The lowest BCUT2D eigenvalue weighted by molar-refractivity contribution is -0.129. The van der Waals surface area contributed by atoms with E-state index < -0.39 is 0 Å². The number of H-pyrrole nitrogens is 1. The minimum atomic E-state index is -0.345. The molecule has 0 bridgehead atoms. The second-order valence-electron chi connectivity index (χ2n) is 5.92. The van der Waals surface area contributed by atoms with Crippen molar-refractivity contribution in [1.29, 1.82) is 0 Å². The zero-order chi connectivity index (χ0) is 16.8. The van der Waals surface area contributed by atoms with Gasteiger partial charge in [-0.05, 0) is 26.9 Å². The molecular formula is C15H23N5O3. The summed E-state index contributed by atoms with van der Waals surface area (Å²) in [7, 11) is 3.96. The average Bonchev–Trinajstić information content (AvgIpc) is 2.86. The van der Waals surface area contributed by atoms with E-state index >= 15 is 0 Å². The highest BCUT2D eigenvalue weighted by molar-refractivity contribution is 5.91. The third-order valence-electron chi connectivity index (χ3n) is 3.91. The van der Waals surface area contributed by atoms with Gasteiger partial charge in [0.25, 0.3) is 11.5 Å². The Morgan fingerprint density at radius 1 is 1.48 bits per heavy atom. The molecule has 0 aromatic carbocycles. The molecule has 1 aliphatic rings. The molecule has 2 heterocycles. The van der Waals surface area contributed by atoms with Crippen LogP contribution in [0.25, 0.3) is 0 Å². The lowest BCUT2D eigenvalue weighted by Crippen LogP contribution is -2.40. The molecule has 0 spiro atoms. The summed E-state index contributed by atoms with van der Waals surface area (Å²) in [6.07, 6.45) is 4.49. The smallest absolute Gasteiger partial charge is 0.271 e. The molecule has 23 heavy (non-hydrogen) atoms. The molecule has 1 atom stereocenters. The van der Waals surface area contributed by atoms with Crippen LogP contribution in [0.15, 0.2) is 17.2 Å². The maximum atomic E-state index is 11.9. The van der Waals surface area contributed by atoms with Crippen molar-refractivity contribution in [3.8, 4) is 0 Å². The van der Waals surface area contributed by atoms with E-state index in [1.54, 1.807) is 0 Å². The van der Waals surface area contributed by atoms with Gasteiger partial charge < -0.3 is 20.1 Å². The number of hydrogen-bond acceptors (Lipinski definition) is 5. The van der Waals surface area contributed by atoms with Gasteiger partial charge in [0.15, 0.2) is 0 Å². The van der Waals surface area contributed by atoms with Gasteiger partial charge in [-0.1, -0.05) is 0 Å². The zero-order valence-corrected chi connectivity index (χ0v) is 13.5. The fourth-order valence-electron chi connectivity index (χ4n) is 2.62. The summed E-state index contributed by atoms with van der Waals surface area (Å²) in [6, 6.07) is 0.172. The third kappa shape index (κ3) is 4.88. The number of nitrogens with zero attached hydrogens (tertiary/aromatic N) is 3. The number of aromatic nitrogens is 2. The second kappa shape index (κ2) is 7.87. The van der Waals surface area contributed by atoms with Gasteiger partial charge in [0.1, 0.15) is 5.69 Å². The highest BCUT2D eigenvalue weighted by atomic mass is 16.2. The van der Waals surface area contributed by atoms with Gasteiger partial charge >= 0.3 is 0 Å². The van der Waals surface area contributed by atoms with Crippen LogP contribution in [0.4, 0.5) is 0 Å². The van der Waals surface area contributed by atoms with E-state index in [0.717, 1.165) is 19.2 Å². The quantitative estimate of drug-likeness (QED) is 0.702. The van der Waals surface area contributed by atoms with E-state index in [4.69, 9.17) is 0 Å². The van der Waals surface area contributed by atoms with Gasteiger partial charge in [-0.25, -0.2) is 4.98 Å². The van der Waals surface area contributed by atoms with Crippen molar-refractivity contribution in [3.63, 3.8) is 0 Å². The molecule has 8 heteroatoms. The fraction of sp³-hybridized carbons (Fsp3) is 0.600. The van der Waals surface area contributed by atoms with Gasteiger partial charge in [-0.3, -0.25) is 14.4 Å². The summed E-state index contributed by atoms with van der Waals surface area (Å²) in [6.45, 7) is 2.01. The maximum absolute atomic E-state index is 11.9. The largest absolute Gasteiger partial charge is 0.351 e. The molecule has 1 aromatic heterocycles. The van der Waals surface area contributed by atoms with Crippen LogP contribution < -0.4 is 10.9 Å². The predicted molar refractivity (Wildman–Crippen MR) is 85.1 cm³/mol. The Labute approximate surface area is 134 Å². The normalized spacial score (nSPS) is 17.8. The zero-order valence-electron chi connectivity index (χ0n) is 13.5. The number of rotatable bonds is 7. The highest BCUT2D eigenvalue weighted by Crippen LogP contribution is 2.20. The average molecular weight is 321 g/mol. The number of likely N-dealkylation sites (N-methyl/N-ethyl adjacent to an activating group) is 1. The van der Waals surface area contributed by atoms with Crippen LogP contribution in [-0.4, -0.2) is 71.4 Å². The number of hydrogen-bond donors (Lipinski definition) is 2. The van der Waals surface area contributed by atoms with E-state index in [1.165, 1.54) is 6.20 Å². The first-order valence-electron chi connectivity index (χ1n) is 7.74. The summed E-state index contributed by atoms with van der Waals surface area (Å²) in [5, 5.41) is 2.77. The predicted octanol–water partition coefficient (Wildman–Crippen LogP) is -0.558. The van der Waals surface area contributed by atoms with E-state index in [1.807, 2.05) is 23.9 Å². The van der Waals surface area contributed by atoms with E-state index in [2.05, 4.69) is 15.3 Å². The van der Waals surface area contributed by atoms with Gasteiger partial charge in [0.05, 0.1) is 6.20 Å². The van der Waals surface area contributed by atoms with Crippen molar-refractivity contribution < 1.29 is 9.59 Å². The molecule has 0 aliphatic carbocycles. The molecule has 8 nitrogen and oxygen atoms in total. The molecule has 1 fully saturated rings. The molecule has 1 aliphatic heterocycles. The van der Waals surface area contributed by atoms with E-state index in [0.29, 0.717) is 25.9 Å². The molecule has 0 radical (unpaired) electrons. The summed E-state index contributed by atoms with van der Waals surface area (Å²) in [5.74, 6) is -0.143. The third-order valence-corrected chi connectivity index (χ3v) is 3.91. The number of likely N-dealkylation sites (tertiary alicyclic amines) is 1. The van der Waals surface area contributed by atoms with E-state index in [9.17, 15) is 14.4 Å². The molecule has 2 amide bonds. The van der Waals surface area contributed by atoms with Crippen LogP contribution in [0.5, 0.6) is 0 Å². The molecule has 1 aromatic rings. The van der Waals surface area contributed by atoms with Crippen molar-refractivity contribution in [2.75, 3.05) is 33.7 Å². The first-order chi connectivity index (χ1) is 11.0. The van der Waals surface area contributed by atoms with Crippen LogP contribution in [0.2, 0.25) is 0 Å². The Morgan fingerprint density at radius 3 is 2.91 bits per heavy atom. The van der Waals surface area contributed by atoms with Crippen molar-refractivity contribution in [2.24, 2.45) is 0 Å². The van der Waals surface area contributed by atoms with E-state index in [-0.39, 0.29) is 29.1 Å². The van der Waals surface area contributed by atoms with Crippen LogP contribution in [0.3, 0.4) is 0 Å². The molecule has 2 N–H and O–H groups in total. The first-order valence-corrected chi connectivity index (χ1v) is 7.74. The van der Waals surface area contributed by atoms with Gasteiger partial charge in [0, 0.05) is 38.3 Å². The summed E-state index contributed by atoms with van der Waals surface area (Å²) < 4.78 is 0. The standard InChI is InChI=1S/C15H23N5O3/c1-19(2)7-8-20-11(3-4-14(20)22)5-6-16-15(23)12-9-18-13(21)10-17-12/h9-11H,3-8H2,1-2H3,(H,16,23)(H,18,21)/t11-/m0/s1. The van der Waals surface area contributed by atoms with Crippen LogP contribution in [0, 0.1) is 0 Å². The van der Waals surface area contributed by atoms with Crippen LogP contribution in [0.1, 0.15) is 29.8 Å². The summed E-state index contributed by atoms with van der Waals surface area (Å²) in [5.41, 5.74) is -0.167. The Hall–Kier alpha value is -2.22. The van der Waals surface area contributed by atoms with Crippen LogP contribution >= 0.6 is 0 Å². The number of carbonyl (C=O) groups is 2. The first kappa shape index (κ1) is 17.1. The summed E-state index contributed by atoms with van der Waals surface area (Å²) in [4.78, 5) is 44.9. The Bertz CT molecular complexity index is 593. The van der Waals surface area contributed by atoms with Gasteiger partial charge in [0.2, 0.25) is 5.91 Å². The second-order valence-corrected chi connectivity index (χ2v) is 5.92. The van der Waals surface area contributed by atoms with Crippen LogP contribution in [-0.2, 0) is 4.79 Å². The minimum absolute atomic E-state index is 0.172. The van der Waals surface area contributed by atoms with Crippen molar-refractivity contribution in [1.82, 2.24) is 25.1 Å².